The molecule has 0 saturated carbocycles. The molecule has 0 amide bonds. The number of rotatable bonds is 39. The summed E-state index contributed by atoms with van der Waals surface area (Å²) in [6.45, 7) is 9.76. The highest BCUT2D eigenvalue weighted by Gasteiger charge is 1.99. The van der Waals surface area contributed by atoms with Crippen LogP contribution in [0.25, 0.3) is 0 Å². The molecule has 0 aliphatic carbocycles. The van der Waals surface area contributed by atoms with E-state index < -0.39 is 0 Å². The molecule has 0 aromatic rings. The fourth-order valence-electron chi connectivity index (χ4n) is 6.83. The maximum atomic E-state index is 2.60. The van der Waals surface area contributed by atoms with Crippen LogP contribution in [-0.4, -0.2) is 13.1 Å². The molecule has 0 heterocycles. The summed E-state index contributed by atoms with van der Waals surface area (Å²) in [7, 11) is 0. The topological polar surface area (TPSA) is 16.6 Å². The monoisotopic (exact) mass is 642 g/mol. The van der Waals surface area contributed by atoms with Gasteiger partial charge in [0.1, 0.15) is 0 Å². The highest BCUT2D eigenvalue weighted by molar-refractivity contribution is 4.53. The zero-order chi connectivity index (χ0) is 31.2. The van der Waals surface area contributed by atoms with Crippen molar-refractivity contribution in [1.82, 2.24) is 0 Å². The molecule has 0 aromatic heterocycles. The molecular weight excluding hydrogens is 554 g/mol. The van der Waals surface area contributed by atoms with Crippen LogP contribution in [0.2, 0.25) is 0 Å². The summed E-state index contributed by atoms with van der Waals surface area (Å²) < 4.78 is 0. The second-order valence-electron chi connectivity index (χ2n) is 15.1. The SMILES string of the molecule is CCCCCCCCCCCCCCCCCCCCCC[NH2+]CCCCCCCCCCCCCCCCCC(C)C.[Cl-]. The van der Waals surface area contributed by atoms with Crippen molar-refractivity contribution in [1.29, 1.82) is 0 Å². The van der Waals surface area contributed by atoms with Crippen molar-refractivity contribution in [2.45, 2.75) is 252 Å². The van der Waals surface area contributed by atoms with Gasteiger partial charge in [0.15, 0.2) is 0 Å². The maximum absolute atomic E-state index is 2.60. The second kappa shape index (κ2) is 43.2. The summed E-state index contributed by atoms with van der Waals surface area (Å²) in [6, 6.07) is 0. The first-order valence-corrected chi connectivity index (χ1v) is 21.1. The average Bonchev–Trinajstić information content (AvgIpc) is 3.00. The Hall–Kier alpha value is 0.250. The lowest BCUT2D eigenvalue weighted by atomic mass is 10.0. The fraction of sp³-hybridized carbons (Fsp3) is 1.00. The molecule has 268 valence electrons. The molecular formula is C42H88ClN. The molecule has 0 radical (unpaired) electrons. The molecule has 0 aromatic carbocycles. The minimum Gasteiger partial charge on any atom is -1.00 e. The van der Waals surface area contributed by atoms with Crippen LogP contribution in [-0.2, 0) is 0 Å². The van der Waals surface area contributed by atoms with E-state index in [0.29, 0.717) is 0 Å². The molecule has 0 spiro atoms. The second-order valence-corrected chi connectivity index (χ2v) is 15.1. The summed E-state index contributed by atoms with van der Waals surface area (Å²) in [5.74, 6) is 0.895. The first-order chi connectivity index (χ1) is 21.3. The minimum atomic E-state index is 0. The van der Waals surface area contributed by atoms with Crippen molar-refractivity contribution in [2.75, 3.05) is 13.1 Å². The van der Waals surface area contributed by atoms with Crippen LogP contribution in [0.1, 0.15) is 252 Å². The van der Waals surface area contributed by atoms with Gasteiger partial charge in [-0.05, 0) is 31.6 Å². The Balaban J connectivity index is 0. The zero-order valence-corrected chi connectivity index (χ0v) is 32.2. The van der Waals surface area contributed by atoms with E-state index in [0.717, 1.165) is 5.92 Å². The van der Waals surface area contributed by atoms with Crippen LogP contribution >= 0.6 is 0 Å². The number of quaternary nitrogens is 1. The van der Waals surface area contributed by atoms with Gasteiger partial charge in [0.05, 0.1) is 13.1 Å². The lowest BCUT2D eigenvalue weighted by molar-refractivity contribution is -0.655. The van der Waals surface area contributed by atoms with Crippen LogP contribution in [0.15, 0.2) is 0 Å². The largest absolute Gasteiger partial charge is 1.00 e. The number of unbranched alkanes of at least 4 members (excludes halogenated alkanes) is 33. The van der Waals surface area contributed by atoms with Crippen LogP contribution in [0.5, 0.6) is 0 Å². The van der Waals surface area contributed by atoms with Crippen molar-refractivity contribution < 1.29 is 17.7 Å². The molecule has 1 nitrogen and oxygen atoms in total. The van der Waals surface area contributed by atoms with Gasteiger partial charge < -0.3 is 17.7 Å². The van der Waals surface area contributed by atoms with Gasteiger partial charge in [-0.3, -0.25) is 0 Å². The van der Waals surface area contributed by atoms with E-state index >= 15 is 0 Å². The van der Waals surface area contributed by atoms with E-state index in [-0.39, 0.29) is 12.4 Å². The lowest BCUT2D eigenvalue weighted by Crippen LogP contribution is -3.00. The number of hydrogen-bond acceptors (Lipinski definition) is 0. The van der Waals surface area contributed by atoms with Crippen molar-refractivity contribution in [3.05, 3.63) is 0 Å². The molecule has 44 heavy (non-hydrogen) atoms. The molecule has 0 fully saturated rings. The summed E-state index contributed by atoms with van der Waals surface area (Å²) in [5.41, 5.74) is 0. The summed E-state index contributed by atoms with van der Waals surface area (Å²) in [5, 5.41) is 2.60. The Morgan fingerprint density at radius 1 is 0.295 bits per heavy atom. The van der Waals surface area contributed by atoms with Gasteiger partial charge in [-0.2, -0.15) is 0 Å². The average molecular weight is 643 g/mol. The maximum Gasteiger partial charge on any atom is 0.0755 e. The normalized spacial score (nSPS) is 11.5. The Morgan fingerprint density at radius 3 is 0.727 bits per heavy atom. The Kier molecular flexibility index (Phi) is 45.6. The number of nitrogens with two attached hydrogens (primary N) is 1. The Morgan fingerprint density at radius 2 is 0.500 bits per heavy atom. The standard InChI is InChI=1S/C42H87N.ClH/c1-4-5-6-7-8-9-10-11-12-13-14-15-16-19-22-25-28-31-34-37-40-43-41-38-35-32-29-26-23-20-17-18-21-24-27-30-33-36-39-42(2)3;/h42-43H,4-41H2,1-3H3;1H. The van der Waals surface area contributed by atoms with Crippen LogP contribution in [0, 0.1) is 5.92 Å². The van der Waals surface area contributed by atoms with Crippen molar-refractivity contribution >= 4 is 0 Å². The quantitative estimate of drug-likeness (QED) is 0.0643. The molecule has 0 rings (SSSR count). The zero-order valence-electron chi connectivity index (χ0n) is 31.4. The highest BCUT2D eigenvalue weighted by Crippen LogP contribution is 2.16. The predicted molar refractivity (Wildman–Crippen MR) is 198 cm³/mol. The van der Waals surface area contributed by atoms with Gasteiger partial charge in [-0.1, -0.05) is 226 Å². The molecule has 0 aliphatic rings. The van der Waals surface area contributed by atoms with Gasteiger partial charge in [0.2, 0.25) is 0 Å². The van der Waals surface area contributed by atoms with Crippen LogP contribution < -0.4 is 17.7 Å². The highest BCUT2D eigenvalue weighted by atomic mass is 35.5. The summed E-state index contributed by atoms with van der Waals surface area (Å²) in [6.07, 6.45) is 53.1. The first kappa shape index (κ1) is 46.4. The van der Waals surface area contributed by atoms with E-state index in [2.05, 4.69) is 26.1 Å². The Bertz CT molecular complexity index is 465. The molecule has 2 heteroatoms. The van der Waals surface area contributed by atoms with Crippen molar-refractivity contribution in [3.63, 3.8) is 0 Å². The minimum absolute atomic E-state index is 0. The first-order valence-electron chi connectivity index (χ1n) is 21.1. The third-order valence-corrected chi connectivity index (χ3v) is 9.95. The molecule has 0 saturated heterocycles. The van der Waals surface area contributed by atoms with Crippen molar-refractivity contribution in [3.8, 4) is 0 Å². The fourth-order valence-corrected chi connectivity index (χ4v) is 6.83. The lowest BCUT2D eigenvalue weighted by Gasteiger charge is -2.05. The van der Waals surface area contributed by atoms with Gasteiger partial charge in [-0.15, -0.1) is 0 Å². The van der Waals surface area contributed by atoms with E-state index in [9.17, 15) is 0 Å². The smallest absolute Gasteiger partial charge is 0.0755 e. The molecule has 0 atom stereocenters. The van der Waals surface area contributed by atoms with Gasteiger partial charge in [0, 0.05) is 0 Å². The third kappa shape index (κ3) is 44.4. The molecule has 2 N–H and O–H groups in total. The number of halogens is 1. The Labute approximate surface area is 287 Å². The third-order valence-electron chi connectivity index (χ3n) is 9.95. The summed E-state index contributed by atoms with van der Waals surface area (Å²) in [4.78, 5) is 0. The van der Waals surface area contributed by atoms with E-state index in [1.165, 1.54) is 244 Å². The van der Waals surface area contributed by atoms with Crippen molar-refractivity contribution in [2.24, 2.45) is 5.92 Å². The van der Waals surface area contributed by atoms with Crippen LogP contribution in [0.4, 0.5) is 0 Å². The van der Waals surface area contributed by atoms with Gasteiger partial charge >= 0.3 is 0 Å². The van der Waals surface area contributed by atoms with Gasteiger partial charge in [0.25, 0.3) is 0 Å². The van der Waals surface area contributed by atoms with E-state index in [1.54, 1.807) is 0 Å². The number of hydrogen-bond donors (Lipinski definition) is 1. The summed E-state index contributed by atoms with van der Waals surface area (Å²) >= 11 is 0. The molecule has 0 unspecified atom stereocenters. The van der Waals surface area contributed by atoms with E-state index in [1.807, 2.05) is 0 Å². The molecule has 0 bridgehead atoms. The van der Waals surface area contributed by atoms with E-state index in [4.69, 9.17) is 0 Å². The molecule has 0 aliphatic heterocycles. The van der Waals surface area contributed by atoms with Gasteiger partial charge in [-0.25, -0.2) is 0 Å². The van der Waals surface area contributed by atoms with Crippen LogP contribution in [0.3, 0.4) is 0 Å². The predicted octanol–water partition coefficient (Wildman–Crippen LogP) is 11.3.